The van der Waals surface area contributed by atoms with Crippen molar-refractivity contribution >= 4 is 33.2 Å². The van der Waals surface area contributed by atoms with Gasteiger partial charge < -0.3 is 15.5 Å². The molecule has 2 aromatic carbocycles. The van der Waals surface area contributed by atoms with Gasteiger partial charge in [0.05, 0.1) is 28.7 Å². The van der Waals surface area contributed by atoms with Crippen LogP contribution in [0.25, 0.3) is 27.3 Å². The number of rotatable bonds is 4. The van der Waals surface area contributed by atoms with Crippen LogP contribution < -0.4 is 10.9 Å². The summed E-state index contributed by atoms with van der Waals surface area (Å²) in [6, 6.07) is 14.5. The second-order valence-corrected chi connectivity index (χ2v) is 8.44. The molecule has 0 unspecified atom stereocenters. The van der Waals surface area contributed by atoms with E-state index >= 15 is 0 Å². The van der Waals surface area contributed by atoms with Crippen molar-refractivity contribution in [3.05, 3.63) is 70.6 Å². The summed E-state index contributed by atoms with van der Waals surface area (Å²) in [5.41, 5.74) is 0.964. The molecular formula is C24H24N4O4. The zero-order valence-corrected chi connectivity index (χ0v) is 17.6. The van der Waals surface area contributed by atoms with Crippen molar-refractivity contribution in [3.63, 3.8) is 0 Å². The average molecular weight is 432 g/mol. The number of aliphatic hydroxyl groups excluding tert-OH is 2. The number of carbonyl (C=O) groups excluding carboxylic acids is 1. The number of likely N-dealkylation sites (tertiary alicyclic amines) is 1. The lowest BCUT2D eigenvalue weighted by Gasteiger charge is -2.21. The first-order valence-corrected chi connectivity index (χ1v) is 10.6. The van der Waals surface area contributed by atoms with Crippen molar-refractivity contribution in [1.82, 2.24) is 19.6 Å². The minimum Gasteiger partial charge on any atom is -0.389 e. The van der Waals surface area contributed by atoms with Gasteiger partial charge in [-0.2, -0.15) is 0 Å². The third-order valence-electron chi connectivity index (χ3n) is 6.02. The summed E-state index contributed by atoms with van der Waals surface area (Å²) in [6.45, 7) is 3.09. The smallest absolute Gasteiger partial charge is 0.265 e. The van der Waals surface area contributed by atoms with Gasteiger partial charge in [0.15, 0.2) is 5.65 Å². The molecule has 0 bridgehead atoms. The number of pyridine rings is 1. The van der Waals surface area contributed by atoms with E-state index in [4.69, 9.17) is 4.98 Å². The Labute approximate surface area is 183 Å². The summed E-state index contributed by atoms with van der Waals surface area (Å²) in [5.74, 6) is -0.331. The van der Waals surface area contributed by atoms with Crippen LogP contribution in [0.3, 0.4) is 0 Å². The fourth-order valence-corrected chi connectivity index (χ4v) is 4.47. The molecule has 1 aliphatic rings. The van der Waals surface area contributed by atoms with Crippen molar-refractivity contribution in [2.75, 3.05) is 19.6 Å². The van der Waals surface area contributed by atoms with E-state index in [2.05, 4.69) is 5.32 Å². The largest absolute Gasteiger partial charge is 0.389 e. The molecule has 0 spiro atoms. The van der Waals surface area contributed by atoms with Crippen molar-refractivity contribution in [2.24, 2.45) is 0 Å². The summed E-state index contributed by atoms with van der Waals surface area (Å²) in [7, 11) is 0. The average Bonchev–Trinajstić information content (AvgIpc) is 3.09. The number of fused-ring (bicyclic) bond motifs is 4. The molecule has 2 aromatic heterocycles. The number of aromatic nitrogens is 2. The maximum absolute atomic E-state index is 13.2. The fraction of sp³-hybridized carbons (Fsp3) is 0.292. The number of carbonyl (C=O) groups is 1. The van der Waals surface area contributed by atoms with Crippen molar-refractivity contribution in [2.45, 2.75) is 25.2 Å². The maximum atomic E-state index is 13.2. The van der Waals surface area contributed by atoms with Gasteiger partial charge in [-0.3, -0.25) is 18.9 Å². The number of hydrogen-bond acceptors (Lipinski definition) is 6. The molecular weight excluding hydrogens is 408 g/mol. The van der Waals surface area contributed by atoms with Gasteiger partial charge in [-0.25, -0.2) is 4.98 Å². The second kappa shape index (κ2) is 7.98. The van der Waals surface area contributed by atoms with E-state index in [0.717, 1.165) is 10.8 Å². The van der Waals surface area contributed by atoms with Gasteiger partial charge in [-0.1, -0.05) is 30.3 Å². The quantitative estimate of drug-likeness (QED) is 0.330. The predicted molar refractivity (Wildman–Crippen MR) is 122 cm³/mol. The highest BCUT2D eigenvalue weighted by atomic mass is 16.3. The van der Waals surface area contributed by atoms with E-state index in [0.29, 0.717) is 41.7 Å². The first-order chi connectivity index (χ1) is 15.4. The minimum absolute atomic E-state index is 0.224. The van der Waals surface area contributed by atoms with Gasteiger partial charge in [0.2, 0.25) is 0 Å². The van der Waals surface area contributed by atoms with Crippen molar-refractivity contribution in [3.8, 4) is 0 Å². The number of aliphatic hydroxyl groups is 2. The molecule has 1 saturated heterocycles. The van der Waals surface area contributed by atoms with Crippen molar-refractivity contribution in [1.29, 1.82) is 0 Å². The van der Waals surface area contributed by atoms with Crippen LogP contribution in [0, 0.1) is 0 Å². The Balaban J connectivity index is 1.51. The number of β-amino-alcohol motifs (C(OH)–C–C–N with tert-alkyl or cyclic N) is 2. The van der Waals surface area contributed by atoms with E-state index in [1.165, 1.54) is 4.40 Å². The first-order valence-electron chi connectivity index (χ1n) is 10.6. The minimum atomic E-state index is -0.768. The van der Waals surface area contributed by atoms with Crippen LogP contribution in [-0.4, -0.2) is 68.3 Å². The molecule has 1 aliphatic heterocycles. The van der Waals surface area contributed by atoms with Gasteiger partial charge in [-0.05, 0) is 30.5 Å². The molecule has 3 N–H and O–H groups in total. The molecule has 4 aromatic rings. The number of benzene rings is 2. The normalized spacial score (nSPS) is 20.2. The molecule has 0 aliphatic carbocycles. The molecule has 8 nitrogen and oxygen atoms in total. The summed E-state index contributed by atoms with van der Waals surface area (Å²) < 4.78 is 1.41. The van der Waals surface area contributed by atoms with E-state index in [-0.39, 0.29) is 17.5 Å². The zero-order valence-electron chi connectivity index (χ0n) is 17.6. The van der Waals surface area contributed by atoms with E-state index < -0.39 is 12.2 Å². The summed E-state index contributed by atoms with van der Waals surface area (Å²) in [6.07, 6.45) is 0.0808. The Kier molecular flexibility index (Phi) is 5.13. The molecule has 164 valence electrons. The van der Waals surface area contributed by atoms with Crippen LogP contribution in [0.15, 0.2) is 59.5 Å². The summed E-state index contributed by atoms with van der Waals surface area (Å²) in [5, 5.41) is 24.7. The SMILES string of the molecule is C[C@@H](CN1C[C@H](O)[C@@H](O)C1)NC(=O)c1cccn2c(=O)c3ccc4ccccc4c3nc12. The topological polar surface area (TPSA) is 107 Å². The molecule has 0 saturated carbocycles. The Morgan fingerprint density at radius 3 is 2.62 bits per heavy atom. The third kappa shape index (κ3) is 3.52. The zero-order chi connectivity index (χ0) is 22.4. The molecule has 0 radical (unpaired) electrons. The standard InChI is InChI=1S/C24H24N4O4/c1-14(11-27-12-19(29)20(30)13-27)25-23(31)18-7-4-10-28-22(18)26-21-16-6-3-2-5-15(16)8-9-17(21)24(28)32/h2-10,14,19-20,29-30H,11-13H2,1H3,(H,25,31)/t14-,19-,20-/m0/s1. The van der Waals surface area contributed by atoms with Crippen LogP contribution in [0.1, 0.15) is 17.3 Å². The monoisotopic (exact) mass is 432 g/mol. The van der Waals surface area contributed by atoms with Crippen LogP contribution in [0.5, 0.6) is 0 Å². The Morgan fingerprint density at radius 2 is 1.84 bits per heavy atom. The Morgan fingerprint density at radius 1 is 1.09 bits per heavy atom. The molecule has 5 rings (SSSR count). The van der Waals surface area contributed by atoms with E-state index in [1.807, 2.05) is 42.2 Å². The first kappa shape index (κ1) is 20.6. The van der Waals surface area contributed by atoms with E-state index in [1.54, 1.807) is 24.4 Å². The lowest BCUT2D eigenvalue weighted by Crippen LogP contribution is -2.42. The lowest BCUT2D eigenvalue weighted by atomic mass is 10.1. The summed E-state index contributed by atoms with van der Waals surface area (Å²) >= 11 is 0. The van der Waals surface area contributed by atoms with Gasteiger partial charge >= 0.3 is 0 Å². The van der Waals surface area contributed by atoms with Crippen LogP contribution in [0.4, 0.5) is 0 Å². The highest BCUT2D eigenvalue weighted by Gasteiger charge is 2.30. The highest BCUT2D eigenvalue weighted by Crippen LogP contribution is 2.23. The Bertz CT molecular complexity index is 1390. The molecule has 3 atom stereocenters. The molecule has 1 fully saturated rings. The molecule has 8 heteroatoms. The molecule has 1 amide bonds. The Hall–Kier alpha value is -3.33. The number of nitrogens with one attached hydrogen (secondary N) is 1. The van der Waals surface area contributed by atoms with E-state index in [9.17, 15) is 19.8 Å². The molecule has 32 heavy (non-hydrogen) atoms. The number of nitrogens with zero attached hydrogens (tertiary/aromatic N) is 3. The predicted octanol–water partition coefficient (Wildman–Crippen LogP) is 1.16. The van der Waals surface area contributed by atoms with Crippen LogP contribution in [-0.2, 0) is 0 Å². The van der Waals surface area contributed by atoms with Crippen LogP contribution >= 0.6 is 0 Å². The van der Waals surface area contributed by atoms with Gasteiger partial charge in [0, 0.05) is 37.3 Å². The van der Waals surface area contributed by atoms with Crippen LogP contribution in [0.2, 0.25) is 0 Å². The number of amides is 1. The maximum Gasteiger partial charge on any atom is 0.265 e. The van der Waals surface area contributed by atoms with Gasteiger partial charge in [0.25, 0.3) is 11.5 Å². The number of hydrogen-bond donors (Lipinski definition) is 3. The van der Waals surface area contributed by atoms with Crippen molar-refractivity contribution < 1.29 is 15.0 Å². The third-order valence-corrected chi connectivity index (χ3v) is 6.02. The molecule has 3 heterocycles. The fourth-order valence-electron chi connectivity index (χ4n) is 4.47. The van der Waals surface area contributed by atoms with Gasteiger partial charge in [-0.15, -0.1) is 0 Å². The van der Waals surface area contributed by atoms with Gasteiger partial charge in [0.1, 0.15) is 0 Å². The lowest BCUT2D eigenvalue weighted by molar-refractivity contribution is 0.0572. The highest BCUT2D eigenvalue weighted by molar-refractivity contribution is 6.07. The second-order valence-electron chi connectivity index (χ2n) is 8.44. The summed E-state index contributed by atoms with van der Waals surface area (Å²) in [4.78, 5) is 32.9.